The minimum atomic E-state index is -0.0700. The summed E-state index contributed by atoms with van der Waals surface area (Å²) < 4.78 is 6.42. The number of hydrogen-bond donors (Lipinski definition) is 1. The number of aromatic nitrogens is 5. The molecule has 2 aromatic heterocycles. The average Bonchev–Trinajstić information content (AvgIpc) is 3.08. The highest BCUT2D eigenvalue weighted by atomic mass is 16.5. The summed E-state index contributed by atoms with van der Waals surface area (Å²) in [5, 5.41) is 14.8. The van der Waals surface area contributed by atoms with Crippen molar-refractivity contribution >= 4 is 11.9 Å². The van der Waals surface area contributed by atoms with Crippen LogP contribution in [0.1, 0.15) is 36.8 Å². The van der Waals surface area contributed by atoms with Crippen molar-refractivity contribution in [1.29, 1.82) is 0 Å². The molecule has 0 aromatic carbocycles. The van der Waals surface area contributed by atoms with Gasteiger partial charge in [-0.2, -0.15) is 0 Å². The summed E-state index contributed by atoms with van der Waals surface area (Å²) in [7, 11) is 0. The number of tetrazole rings is 1. The van der Waals surface area contributed by atoms with Crippen LogP contribution in [0.25, 0.3) is 0 Å². The van der Waals surface area contributed by atoms with Gasteiger partial charge in [0.2, 0.25) is 11.9 Å². The Balaban J connectivity index is 1.77. The molecule has 0 saturated carbocycles. The maximum Gasteiger partial charge on any atom is 0.245 e. The highest BCUT2D eigenvalue weighted by Gasteiger charge is 2.30. The third-order valence-corrected chi connectivity index (χ3v) is 3.66. The number of carbonyl (C=O) groups excluding carboxylic acids is 1. The van der Waals surface area contributed by atoms with Crippen LogP contribution in [0.3, 0.4) is 0 Å². The van der Waals surface area contributed by atoms with Crippen molar-refractivity contribution < 1.29 is 9.32 Å². The van der Waals surface area contributed by atoms with Gasteiger partial charge in [-0.3, -0.25) is 4.79 Å². The van der Waals surface area contributed by atoms with Crippen LogP contribution in [0.5, 0.6) is 0 Å². The lowest BCUT2D eigenvalue weighted by Crippen LogP contribution is -2.40. The summed E-state index contributed by atoms with van der Waals surface area (Å²) >= 11 is 0. The number of nitrogen functional groups attached to an aromatic ring is 1. The van der Waals surface area contributed by atoms with Crippen LogP contribution in [0.15, 0.2) is 10.6 Å². The van der Waals surface area contributed by atoms with Crippen LogP contribution in [-0.4, -0.2) is 42.7 Å². The summed E-state index contributed by atoms with van der Waals surface area (Å²) in [6.45, 7) is 2.57. The van der Waals surface area contributed by atoms with Crippen LogP contribution in [0, 0.1) is 6.92 Å². The highest BCUT2D eigenvalue weighted by Crippen LogP contribution is 2.30. The van der Waals surface area contributed by atoms with Crippen LogP contribution in [-0.2, 0) is 11.3 Å². The fourth-order valence-electron chi connectivity index (χ4n) is 2.62. The number of hydrogen-bond acceptors (Lipinski definition) is 7. The molecule has 1 aliphatic rings. The molecule has 3 rings (SSSR count). The molecule has 21 heavy (non-hydrogen) atoms. The summed E-state index contributed by atoms with van der Waals surface area (Å²) in [6, 6.07) is 1.82. The van der Waals surface area contributed by atoms with E-state index in [1.54, 1.807) is 0 Å². The fourth-order valence-corrected chi connectivity index (χ4v) is 2.62. The van der Waals surface area contributed by atoms with Crippen molar-refractivity contribution in [3.05, 3.63) is 17.5 Å². The number of anilines is 1. The van der Waals surface area contributed by atoms with Crippen molar-refractivity contribution in [2.75, 3.05) is 12.3 Å². The van der Waals surface area contributed by atoms with Gasteiger partial charge in [-0.05, 0) is 36.6 Å². The number of rotatable bonds is 3. The molecule has 1 saturated heterocycles. The van der Waals surface area contributed by atoms with Gasteiger partial charge in [0.25, 0.3) is 0 Å². The molecule has 112 valence electrons. The number of carbonyl (C=O) groups is 1. The zero-order chi connectivity index (χ0) is 14.8. The van der Waals surface area contributed by atoms with E-state index in [2.05, 4.69) is 20.7 Å². The van der Waals surface area contributed by atoms with E-state index in [9.17, 15) is 4.79 Å². The molecule has 3 heterocycles. The Hall–Kier alpha value is -2.45. The Morgan fingerprint density at radius 1 is 1.52 bits per heavy atom. The van der Waals surface area contributed by atoms with E-state index in [0.29, 0.717) is 6.54 Å². The number of nitrogens with two attached hydrogens (primary N) is 1. The highest BCUT2D eigenvalue weighted by molar-refractivity contribution is 5.76. The molecule has 0 unspecified atom stereocenters. The topological polar surface area (TPSA) is 116 Å². The number of likely N-dealkylation sites (tertiary alicyclic amines) is 1. The lowest BCUT2D eigenvalue weighted by atomic mass is 9.99. The van der Waals surface area contributed by atoms with E-state index in [4.69, 9.17) is 10.3 Å². The van der Waals surface area contributed by atoms with E-state index in [-0.39, 0.29) is 24.4 Å². The molecule has 1 amide bonds. The predicted octanol–water partition coefficient (Wildman–Crippen LogP) is 0.306. The number of amides is 1. The molecular formula is C12H17N7O2. The molecule has 1 aliphatic heterocycles. The Morgan fingerprint density at radius 3 is 3.05 bits per heavy atom. The molecule has 2 aromatic rings. The molecule has 2 N–H and O–H groups in total. The maximum absolute atomic E-state index is 12.5. The summed E-state index contributed by atoms with van der Waals surface area (Å²) in [5.74, 6) is 0.807. The van der Waals surface area contributed by atoms with Gasteiger partial charge in [0, 0.05) is 12.6 Å². The van der Waals surface area contributed by atoms with E-state index in [1.807, 2.05) is 17.9 Å². The lowest BCUT2D eigenvalue weighted by molar-refractivity contribution is -0.136. The van der Waals surface area contributed by atoms with E-state index in [0.717, 1.165) is 30.7 Å². The molecular weight excluding hydrogens is 274 g/mol. The standard InChI is InChI=1S/C12H17N7O2/c1-8-6-9(15-21-8)10-4-2-3-5-18(10)11(20)7-19-12(13)14-16-17-19/h6,10H,2-5,7H2,1H3,(H2,13,14,17)/t10-/m1/s1. The lowest BCUT2D eigenvalue weighted by Gasteiger charge is -2.34. The van der Waals surface area contributed by atoms with Gasteiger partial charge < -0.3 is 15.2 Å². The number of aryl methyl sites for hydroxylation is 1. The predicted molar refractivity (Wildman–Crippen MR) is 71.8 cm³/mol. The quantitative estimate of drug-likeness (QED) is 0.864. The minimum absolute atomic E-state index is 0.0339. The normalized spacial score (nSPS) is 18.9. The third kappa shape index (κ3) is 2.71. The second-order valence-electron chi connectivity index (χ2n) is 5.16. The molecule has 0 bridgehead atoms. The van der Waals surface area contributed by atoms with Crippen molar-refractivity contribution in [1.82, 2.24) is 30.3 Å². The van der Waals surface area contributed by atoms with Gasteiger partial charge in [-0.1, -0.05) is 10.3 Å². The van der Waals surface area contributed by atoms with Crippen molar-refractivity contribution in [2.45, 2.75) is 38.8 Å². The summed E-state index contributed by atoms with van der Waals surface area (Å²) in [5.41, 5.74) is 6.39. The second-order valence-corrected chi connectivity index (χ2v) is 5.16. The number of nitrogens with zero attached hydrogens (tertiary/aromatic N) is 6. The molecule has 0 radical (unpaired) electrons. The minimum Gasteiger partial charge on any atom is -0.367 e. The van der Waals surface area contributed by atoms with Gasteiger partial charge in [0.15, 0.2) is 0 Å². The average molecular weight is 291 g/mol. The Bertz CT molecular complexity index is 635. The molecule has 9 heteroatoms. The van der Waals surface area contributed by atoms with Crippen LogP contribution in [0.2, 0.25) is 0 Å². The first-order chi connectivity index (χ1) is 10.1. The SMILES string of the molecule is Cc1cc([C@H]2CCCCN2C(=O)Cn2nnnc2N)no1. The first kappa shape index (κ1) is 13.5. The van der Waals surface area contributed by atoms with Gasteiger partial charge in [0.1, 0.15) is 18.0 Å². The Morgan fingerprint density at radius 2 is 2.38 bits per heavy atom. The monoisotopic (exact) mass is 291 g/mol. The van der Waals surface area contributed by atoms with Crippen molar-refractivity contribution in [2.24, 2.45) is 0 Å². The fraction of sp³-hybridized carbons (Fsp3) is 0.583. The second kappa shape index (κ2) is 5.51. The molecule has 0 spiro atoms. The molecule has 9 nitrogen and oxygen atoms in total. The van der Waals surface area contributed by atoms with Gasteiger partial charge >= 0.3 is 0 Å². The van der Waals surface area contributed by atoms with Crippen LogP contribution in [0.4, 0.5) is 5.95 Å². The smallest absolute Gasteiger partial charge is 0.245 e. The van der Waals surface area contributed by atoms with E-state index < -0.39 is 0 Å². The molecule has 1 fully saturated rings. The van der Waals surface area contributed by atoms with Crippen LogP contribution >= 0.6 is 0 Å². The largest absolute Gasteiger partial charge is 0.367 e. The first-order valence-corrected chi connectivity index (χ1v) is 6.89. The molecule has 1 atom stereocenters. The van der Waals surface area contributed by atoms with E-state index in [1.165, 1.54) is 4.68 Å². The Labute approximate surface area is 121 Å². The van der Waals surface area contributed by atoms with Gasteiger partial charge in [0.05, 0.1) is 6.04 Å². The van der Waals surface area contributed by atoms with Crippen LogP contribution < -0.4 is 5.73 Å². The van der Waals surface area contributed by atoms with Gasteiger partial charge in [-0.25, -0.2) is 4.68 Å². The Kier molecular flexibility index (Phi) is 3.55. The summed E-state index contributed by atoms with van der Waals surface area (Å²) in [6.07, 6.45) is 2.92. The molecule has 0 aliphatic carbocycles. The van der Waals surface area contributed by atoms with E-state index >= 15 is 0 Å². The van der Waals surface area contributed by atoms with Crippen molar-refractivity contribution in [3.63, 3.8) is 0 Å². The number of piperidine rings is 1. The zero-order valence-electron chi connectivity index (χ0n) is 11.8. The first-order valence-electron chi connectivity index (χ1n) is 6.89. The maximum atomic E-state index is 12.5. The van der Waals surface area contributed by atoms with Gasteiger partial charge in [-0.15, -0.1) is 0 Å². The third-order valence-electron chi connectivity index (χ3n) is 3.66. The summed E-state index contributed by atoms with van der Waals surface area (Å²) in [4.78, 5) is 14.3. The zero-order valence-corrected chi connectivity index (χ0v) is 11.8. The van der Waals surface area contributed by atoms with Crippen molar-refractivity contribution in [3.8, 4) is 0 Å².